The molecule has 0 N–H and O–H groups in total. The van der Waals surface area contributed by atoms with Crippen molar-refractivity contribution < 1.29 is 4.57 Å². The number of rotatable bonds is 6. The van der Waals surface area contributed by atoms with E-state index >= 15 is 0 Å². The van der Waals surface area contributed by atoms with E-state index in [1.807, 2.05) is 4.68 Å². The standard InChI is InChI=1S/C32H43N6/c1-21(2)25-14-13-15-26(22(3)4)30(25)36-19-18-34(9)31(36)37-24(6)38(28-17-12-11-16-27(28)37)32(7,8)29-20-23(5)33-35(29)10/h11-22,24H,1-10H3/q+1/t24-/m1/s1. The number of hydrogen-bond donors (Lipinski definition) is 0. The van der Waals surface area contributed by atoms with Gasteiger partial charge in [-0.1, -0.05) is 58.0 Å². The van der Waals surface area contributed by atoms with E-state index in [-0.39, 0.29) is 11.7 Å². The van der Waals surface area contributed by atoms with Crippen LogP contribution in [0.5, 0.6) is 0 Å². The molecule has 6 heteroatoms. The van der Waals surface area contributed by atoms with Gasteiger partial charge in [-0.3, -0.25) is 4.68 Å². The molecule has 1 atom stereocenters. The van der Waals surface area contributed by atoms with Gasteiger partial charge in [0.15, 0.2) is 6.17 Å². The molecule has 38 heavy (non-hydrogen) atoms. The summed E-state index contributed by atoms with van der Waals surface area (Å²) in [7, 11) is 4.21. The second-order valence-electron chi connectivity index (χ2n) is 11.9. The topological polar surface area (TPSA) is 33.1 Å². The van der Waals surface area contributed by atoms with Gasteiger partial charge in [0.25, 0.3) is 0 Å². The van der Waals surface area contributed by atoms with Gasteiger partial charge in [-0.2, -0.15) is 5.10 Å². The second-order valence-corrected chi connectivity index (χ2v) is 11.9. The van der Waals surface area contributed by atoms with Gasteiger partial charge in [0.05, 0.1) is 35.9 Å². The number of anilines is 3. The maximum Gasteiger partial charge on any atom is 0.371 e. The fraction of sp³-hybridized carbons (Fsp3) is 0.438. The van der Waals surface area contributed by atoms with E-state index in [0.29, 0.717) is 11.8 Å². The Kier molecular flexibility index (Phi) is 6.41. The number of benzene rings is 2. The van der Waals surface area contributed by atoms with E-state index in [4.69, 9.17) is 0 Å². The van der Waals surface area contributed by atoms with Crippen molar-refractivity contribution in [1.29, 1.82) is 0 Å². The minimum atomic E-state index is -0.283. The fourth-order valence-electron chi connectivity index (χ4n) is 6.46. The van der Waals surface area contributed by atoms with Crippen molar-refractivity contribution in [2.45, 2.75) is 78.9 Å². The Labute approximate surface area is 228 Å². The van der Waals surface area contributed by atoms with Crippen LogP contribution in [0.2, 0.25) is 0 Å². The van der Waals surface area contributed by atoms with E-state index in [2.05, 4.69) is 154 Å². The van der Waals surface area contributed by atoms with Gasteiger partial charge >= 0.3 is 5.95 Å². The van der Waals surface area contributed by atoms with Crippen molar-refractivity contribution in [2.24, 2.45) is 14.1 Å². The molecule has 6 nitrogen and oxygen atoms in total. The molecule has 0 aliphatic carbocycles. The third-order valence-electron chi connectivity index (χ3n) is 8.15. The Morgan fingerprint density at radius 3 is 2.08 bits per heavy atom. The molecule has 0 radical (unpaired) electrons. The number of para-hydroxylation sites is 3. The van der Waals surface area contributed by atoms with Crippen LogP contribution < -0.4 is 14.4 Å². The summed E-state index contributed by atoms with van der Waals surface area (Å²) >= 11 is 0. The maximum absolute atomic E-state index is 4.69. The zero-order valence-corrected chi connectivity index (χ0v) is 24.7. The van der Waals surface area contributed by atoms with Gasteiger partial charge in [-0.25, -0.2) is 14.0 Å². The van der Waals surface area contributed by atoms with Gasteiger partial charge in [0.2, 0.25) is 0 Å². The van der Waals surface area contributed by atoms with Gasteiger partial charge < -0.3 is 4.90 Å². The average Bonchev–Trinajstić information content (AvgIpc) is 3.50. The van der Waals surface area contributed by atoms with Crippen LogP contribution in [0, 0.1) is 6.92 Å². The predicted molar refractivity (Wildman–Crippen MR) is 157 cm³/mol. The Morgan fingerprint density at radius 1 is 0.921 bits per heavy atom. The minimum absolute atomic E-state index is 0.0752. The van der Waals surface area contributed by atoms with Crippen molar-refractivity contribution in [3.8, 4) is 5.69 Å². The van der Waals surface area contributed by atoms with Crippen LogP contribution in [0.15, 0.2) is 60.9 Å². The normalized spacial score (nSPS) is 15.7. The van der Waals surface area contributed by atoms with Crippen molar-refractivity contribution in [3.05, 3.63) is 83.4 Å². The molecular formula is C32H43N6+. The Morgan fingerprint density at radius 2 is 1.53 bits per heavy atom. The lowest BCUT2D eigenvalue weighted by molar-refractivity contribution is -0.657. The van der Waals surface area contributed by atoms with E-state index in [0.717, 1.165) is 11.6 Å². The smallest absolute Gasteiger partial charge is 0.325 e. The SMILES string of the molecule is Cc1cc(C(C)(C)N2c3ccccc3N(c3n(-c4c(C(C)C)cccc4C(C)C)cc[n+]3C)[C@H]2C)n(C)n1. The predicted octanol–water partition coefficient (Wildman–Crippen LogP) is 6.83. The number of imidazole rings is 1. The van der Waals surface area contributed by atoms with Gasteiger partial charge in [0.1, 0.15) is 17.6 Å². The zero-order chi connectivity index (χ0) is 27.5. The van der Waals surface area contributed by atoms with E-state index in [9.17, 15) is 0 Å². The summed E-state index contributed by atoms with van der Waals surface area (Å²) < 4.78 is 6.71. The van der Waals surface area contributed by atoms with Crippen molar-refractivity contribution in [3.63, 3.8) is 0 Å². The molecule has 3 heterocycles. The lowest BCUT2D eigenvalue weighted by Gasteiger charge is -2.40. The van der Waals surface area contributed by atoms with Crippen LogP contribution in [0.1, 0.15) is 82.8 Å². The molecule has 0 saturated carbocycles. The number of aromatic nitrogens is 4. The molecule has 0 amide bonds. The molecule has 1 aliphatic heterocycles. The molecule has 0 unspecified atom stereocenters. The molecule has 4 aromatic rings. The van der Waals surface area contributed by atoms with Gasteiger partial charge in [0, 0.05) is 7.05 Å². The monoisotopic (exact) mass is 511 g/mol. The average molecular weight is 512 g/mol. The van der Waals surface area contributed by atoms with E-state index in [1.165, 1.54) is 33.9 Å². The van der Waals surface area contributed by atoms with Crippen molar-refractivity contribution >= 4 is 17.3 Å². The number of hydrogen-bond acceptors (Lipinski definition) is 3. The van der Waals surface area contributed by atoms with Crippen LogP contribution in [-0.2, 0) is 19.6 Å². The summed E-state index contributed by atoms with van der Waals surface area (Å²) in [5.41, 5.74) is 8.46. The summed E-state index contributed by atoms with van der Waals surface area (Å²) in [6, 6.07) is 17.8. The summed E-state index contributed by atoms with van der Waals surface area (Å²) in [6.45, 7) is 18.2. The lowest BCUT2D eigenvalue weighted by atomic mass is 9.92. The third-order valence-corrected chi connectivity index (χ3v) is 8.15. The molecule has 0 saturated heterocycles. The summed E-state index contributed by atoms with van der Waals surface area (Å²) in [5, 5.41) is 4.69. The van der Waals surface area contributed by atoms with Crippen molar-refractivity contribution in [1.82, 2.24) is 14.3 Å². The van der Waals surface area contributed by atoms with Crippen LogP contribution in [0.4, 0.5) is 17.3 Å². The molecule has 5 rings (SSSR count). The van der Waals surface area contributed by atoms with Crippen LogP contribution in [0.25, 0.3) is 5.69 Å². The van der Waals surface area contributed by atoms with Gasteiger partial charge in [-0.15, -0.1) is 0 Å². The zero-order valence-electron chi connectivity index (χ0n) is 24.7. The summed E-state index contributed by atoms with van der Waals surface area (Å²) in [6.07, 6.45) is 4.49. The summed E-state index contributed by atoms with van der Waals surface area (Å²) in [5.74, 6) is 1.98. The molecule has 0 spiro atoms. The molecular weight excluding hydrogens is 468 g/mol. The first-order valence-electron chi connectivity index (χ1n) is 13.8. The van der Waals surface area contributed by atoms with Crippen LogP contribution in [-0.4, -0.2) is 20.5 Å². The summed E-state index contributed by atoms with van der Waals surface area (Å²) in [4.78, 5) is 5.05. The lowest BCUT2D eigenvalue weighted by Crippen LogP contribution is -2.52. The number of aryl methyl sites for hydroxylation is 3. The highest BCUT2D eigenvalue weighted by molar-refractivity contribution is 5.82. The fourth-order valence-corrected chi connectivity index (χ4v) is 6.46. The van der Waals surface area contributed by atoms with E-state index < -0.39 is 0 Å². The first kappa shape index (κ1) is 26.1. The Balaban J connectivity index is 1.73. The van der Waals surface area contributed by atoms with Crippen LogP contribution in [0.3, 0.4) is 0 Å². The van der Waals surface area contributed by atoms with Gasteiger partial charge in [-0.05, 0) is 68.9 Å². The molecule has 2 aromatic heterocycles. The quantitative estimate of drug-likeness (QED) is 0.266. The minimum Gasteiger partial charge on any atom is -0.325 e. The first-order chi connectivity index (χ1) is 17.9. The molecule has 200 valence electrons. The highest BCUT2D eigenvalue weighted by Gasteiger charge is 2.49. The highest BCUT2D eigenvalue weighted by atomic mass is 15.5. The molecule has 0 fully saturated rings. The maximum atomic E-state index is 4.69. The number of nitrogens with zero attached hydrogens (tertiary/aromatic N) is 6. The Bertz CT molecular complexity index is 1440. The van der Waals surface area contributed by atoms with Crippen LogP contribution >= 0.6 is 0 Å². The second kappa shape index (κ2) is 9.33. The Hall–Kier alpha value is -3.54. The van der Waals surface area contributed by atoms with E-state index in [1.54, 1.807) is 0 Å². The molecule has 2 aromatic carbocycles. The van der Waals surface area contributed by atoms with Crippen molar-refractivity contribution in [2.75, 3.05) is 9.80 Å². The number of fused-ring (bicyclic) bond motifs is 1. The largest absolute Gasteiger partial charge is 0.371 e. The highest BCUT2D eigenvalue weighted by Crippen LogP contribution is 2.49. The molecule has 0 bridgehead atoms. The first-order valence-corrected chi connectivity index (χ1v) is 13.8. The molecule has 1 aliphatic rings. The third kappa shape index (κ3) is 3.93.